The highest BCUT2D eigenvalue weighted by Crippen LogP contribution is 2.32. The van der Waals surface area contributed by atoms with Crippen molar-refractivity contribution in [3.05, 3.63) is 30.9 Å². The van der Waals surface area contributed by atoms with Crippen LogP contribution in [-0.4, -0.2) is 45.8 Å². The zero-order chi connectivity index (χ0) is 16.8. The Morgan fingerprint density at radius 3 is 2.70 bits per heavy atom. The van der Waals surface area contributed by atoms with Gasteiger partial charge in [0, 0.05) is 12.1 Å². The van der Waals surface area contributed by atoms with E-state index in [-0.39, 0.29) is 5.75 Å². The highest BCUT2D eigenvalue weighted by molar-refractivity contribution is 7.99. The first kappa shape index (κ1) is 16.9. The van der Waals surface area contributed by atoms with Crippen molar-refractivity contribution in [2.45, 2.75) is 11.7 Å². The minimum Gasteiger partial charge on any atom is -0.493 e. The van der Waals surface area contributed by atoms with E-state index in [9.17, 15) is 4.79 Å². The molecule has 1 aromatic carbocycles. The third kappa shape index (κ3) is 3.84. The van der Waals surface area contributed by atoms with Crippen molar-refractivity contribution < 1.29 is 19.4 Å². The largest absolute Gasteiger partial charge is 0.493 e. The van der Waals surface area contributed by atoms with E-state index in [0.29, 0.717) is 29.0 Å². The average Bonchev–Trinajstić information content (AvgIpc) is 2.95. The number of nitrogens with zero attached hydrogens (tertiary/aromatic N) is 3. The quantitative estimate of drug-likeness (QED) is 0.585. The maximum Gasteiger partial charge on any atom is 0.313 e. The summed E-state index contributed by atoms with van der Waals surface area (Å²) in [5, 5.41) is 17.6. The Bertz CT molecular complexity index is 715. The van der Waals surface area contributed by atoms with Gasteiger partial charge in [-0.2, -0.15) is 0 Å². The summed E-state index contributed by atoms with van der Waals surface area (Å²) in [6.07, 6.45) is 1.71. The van der Waals surface area contributed by atoms with Crippen LogP contribution in [0.5, 0.6) is 11.5 Å². The number of hydrogen-bond donors (Lipinski definition) is 1. The van der Waals surface area contributed by atoms with Crippen LogP contribution >= 0.6 is 11.8 Å². The van der Waals surface area contributed by atoms with Gasteiger partial charge in [-0.3, -0.25) is 9.36 Å². The molecule has 0 amide bonds. The SMILES string of the molecule is C=CCn1c(SCC(=O)O)nnc1-c1ccc(OC)c(OC)c1. The third-order valence-electron chi connectivity index (χ3n) is 2.99. The number of carboxylic acid groups (broad SMARTS) is 1. The van der Waals surface area contributed by atoms with Gasteiger partial charge < -0.3 is 14.6 Å². The van der Waals surface area contributed by atoms with Crippen molar-refractivity contribution in [1.82, 2.24) is 14.8 Å². The highest BCUT2D eigenvalue weighted by Gasteiger charge is 2.16. The molecular formula is C15H17N3O4S. The van der Waals surface area contributed by atoms with Crippen molar-refractivity contribution in [2.75, 3.05) is 20.0 Å². The lowest BCUT2D eigenvalue weighted by atomic mass is 10.2. The molecule has 1 N–H and O–H groups in total. The lowest BCUT2D eigenvalue weighted by Crippen LogP contribution is -2.04. The van der Waals surface area contributed by atoms with E-state index < -0.39 is 5.97 Å². The summed E-state index contributed by atoms with van der Waals surface area (Å²) < 4.78 is 12.3. The highest BCUT2D eigenvalue weighted by atomic mass is 32.2. The molecule has 2 aromatic rings. The molecule has 1 heterocycles. The number of thioether (sulfide) groups is 1. The molecule has 23 heavy (non-hydrogen) atoms. The molecule has 2 rings (SSSR count). The van der Waals surface area contributed by atoms with Crippen LogP contribution in [0.15, 0.2) is 36.0 Å². The molecule has 0 aliphatic carbocycles. The molecule has 0 aliphatic heterocycles. The molecule has 0 bridgehead atoms. The zero-order valence-electron chi connectivity index (χ0n) is 12.9. The molecule has 1 aromatic heterocycles. The molecule has 0 radical (unpaired) electrons. The Labute approximate surface area is 137 Å². The van der Waals surface area contributed by atoms with Gasteiger partial charge >= 0.3 is 5.97 Å². The Hall–Kier alpha value is -2.48. The molecule has 122 valence electrons. The van der Waals surface area contributed by atoms with Gasteiger partial charge in [0.05, 0.1) is 20.0 Å². The van der Waals surface area contributed by atoms with Crippen molar-refractivity contribution >= 4 is 17.7 Å². The molecular weight excluding hydrogens is 318 g/mol. The van der Waals surface area contributed by atoms with Crippen LogP contribution in [0.2, 0.25) is 0 Å². The number of carboxylic acids is 1. The summed E-state index contributed by atoms with van der Waals surface area (Å²) in [6.45, 7) is 4.19. The lowest BCUT2D eigenvalue weighted by Gasteiger charge is -2.10. The van der Waals surface area contributed by atoms with E-state index in [1.807, 2.05) is 10.6 Å². The van der Waals surface area contributed by atoms with Crippen LogP contribution in [0.4, 0.5) is 0 Å². The molecule has 0 saturated carbocycles. The monoisotopic (exact) mass is 335 g/mol. The fraction of sp³-hybridized carbons (Fsp3) is 0.267. The number of aromatic nitrogens is 3. The van der Waals surface area contributed by atoms with Crippen molar-refractivity contribution in [1.29, 1.82) is 0 Å². The second kappa shape index (κ2) is 7.68. The van der Waals surface area contributed by atoms with E-state index in [1.165, 1.54) is 0 Å². The van der Waals surface area contributed by atoms with E-state index in [2.05, 4.69) is 16.8 Å². The number of carbonyl (C=O) groups is 1. The lowest BCUT2D eigenvalue weighted by molar-refractivity contribution is -0.133. The molecule has 0 aliphatic rings. The summed E-state index contributed by atoms with van der Waals surface area (Å²) in [4.78, 5) is 10.7. The summed E-state index contributed by atoms with van der Waals surface area (Å²) in [5.41, 5.74) is 0.791. The third-order valence-corrected chi connectivity index (χ3v) is 3.95. The van der Waals surface area contributed by atoms with Crippen molar-refractivity contribution in [3.8, 4) is 22.9 Å². The Morgan fingerprint density at radius 1 is 1.35 bits per heavy atom. The summed E-state index contributed by atoms with van der Waals surface area (Å²) in [6, 6.07) is 5.43. The second-order valence-electron chi connectivity index (χ2n) is 4.46. The minimum atomic E-state index is -0.907. The van der Waals surface area contributed by atoms with Gasteiger partial charge in [0.2, 0.25) is 0 Å². The van der Waals surface area contributed by atoms with E-state index in [1.54, 1.807) is 32.4 Å². The van der Waals surface area contributed by atoms with Gasteiger partial charge in [0.1, 0.15) is 0 Å². The Morgan fingerprint density at radius 2 is 2.09 bits per heavy atom. The summed E-state index contributed by atoms with van der Waals surface area (Å²) in [5.74, 6) is 0.820. The first-order valence-corrected chi connectivity index (χ1v) is 7.70. The number of ether oxygens (including phenoxy) is 2. The maximum atomic E-state index is 10.7. The van der Waals surface area contributed by atoms with Gasteiger partial charge in [-0.1, -0.05) is 17.8 Å². The fourth-order valence-corrected chi connectivity index (χ4v) is 2.67. The number of methoxy groups -OCH3 is 2. The van der Waals surface area contributed by atoms with Crippen molar-refractivity contribution in [2.24, 2.45) is 0 Å². The van der Waals surface area contributed by atoms with E-state index in [0.717, 1.165) is 17.3 Å². The predicted molar refractivity (Wildman–Crippen MR) is 87.1 cm³/mol. The average molecular weight is 335 g/mol. The predicted octanol–water partition coefficient (Wildman–Crippen LogP) is 2.33. The van der Waals surface area contributed by atoms with Crippen LogP contribution in [-0.2, 0) is 11.3 Å². The van der Waals surface area contributed by atoms with Gasteiger partial charge in [-0.05, 0) is 18.2 Å². The smallest absolute Gasteiger partial charge is 0.313 e. The maximum absolute atomic E-state index is 10.7. The number of hydrogen-bond acceptors (Lipinski definition) is 6. The van der Waals surface area contributed by atoms with Crippen LogP contribution < -0.4 is 9.47 Å². The molecule has 0 atom stereocenters. The molecule has 0 unspecified atom stereocenters. The summed E-state index contributed by atoms with van der Waals surface area (Å²) in [7, 11) is 3.13. The Kier molecular flexibility index (Phi) is 5.64. The normalized spacial score (nSPS) is 10.3. The van der Waals surface area contributed by atoms with Gasteiger partial charge in [0.15, 0.2) is 22.5 Å². The van der Waals surface area contributed by atoms with Crippen LogP contribution in [0.1, 0.15) is 0 Å². The van der Waals surface area contributed by atoms with Gasteiger partial charge in [0.25, 0.3) is 0 Å². The van der Waals surface area contributed by atoms with Crippen LogP contribution in [0.25, 0.3) is 11.4 Å². The van der Waals surface area contributed by atoms with E-state index in [4.69, 9.17) is 14.6 Å². The first-order chi connectivity index (χ1) is 11.1. The Balaban J connectivity index is 2.42. The zero-order valence-corrected chi connectivity index (χ0v) is 13.7. The van der Waals surface area contributed by atoms with Gasteiger partial charge in [-0.25, -0.2) is 0 Å². The molecule has 0 spiro atoms. The number of allylic oxidation sites excluding steroid dienone is 1. The number of rotatable bonds is 8. The topological polar surface area (TPSA) is 86.5 Å². The second-order valence-corrected chi connectivity index (χ2v) is 5.40. The first-order valence-electron chi connectivity index (χ1n) is 6.71. The molecule has 0 fully saturated rings. The number of benzene rings is 1. The molecule has 8 heteroatoms. The molecule has 0 saturated heterocycles. The minimum absolute atomic E-state index is 0.0821. The summed E-state index contributed by atoms with van der Waals surface area (Å²) >= 11 is 1.11. The van der Waals surface area contributed by atoms with Crippen molar-refractivity contribution in [3.63, 3.8) is 0 Å². The number of aliphatic carboxylic acids is 1. The fourth-order valence-electron chi connectivity index (χ4n) is 2.00. The van der Waals surface area contributed by atoms with Gasteiger partial charge in [-0.15, -0.1) is 16.8 Å². The standard InChI is InChI=1S/C15H17N3O4S/c1-4-7-18-14(16-17-15(18)23-9-13(19)20)10-5-6-11(21-2)12(8-10)22-3/h4-6,8H,1,7,9H2,2-3H3,(H,19,20). The van der Waals surface area contributed by atoms with E-state index >= 15 is 0 Å². The van der Waals surface area contributed by atoms with Crippen LogP contribution in [0, 0.1) is 0 Å². The molecule has 7 nitrogen and oxygen atoms in total. The van der Waals surface area contributed by atoms with Crippen LogP contribution in [0.3, 0.4) is 0 Å².